The summed E-state index contributed by atoms with van der Waals surface area (Å²) in [7, 11) is 0. The standard InChI is InChI=1S/C12H14Br2N2O2/c1-7-5-16(6-8(2)18-7)12(17)9-3-10(13)15-11(14)4-9/h3-4,7-8H,5-6H2,1-2H3/t7-,8+. The molecule has 1 aliphatic heterocycles. The molecular weight excluding hydrogens is 364 g/mol. The predicted octanol–water partition coefficient (Wildman–Crippen LogP) is 2.86. The number of carbonyl (C=O) groups excluding carboxylic acids is 1. The van der Waals surface area contributed by atoms with Crippen LogP contribution in [0, 0.1) is 0 Å². The molecule has 2 rings (SSSR count). The zero-order chi connectivity index (χ0) is 13.3. The molecule has 2 atom stereocenters. The fourth-order valence-corrected chi connectivity index (χ4v) is 3.23. The average molecular weight is 378 g/mol. The van der Waals surface area contributed by atoms with E-state index in [9.17, 15) is 4.79 Å². The lowest BCUT2D eigenvalue weighted by Gasteiger charge is -2.35. The number of rotatable bonds is 1. The van der Waals surface area contributed by atoms with Gasteiger partial charge in [-0.15, -0.1) is 0 Å². The number of ether oxygens (including phenoxy) is 1. The molecule has 1 aromatic rings. The molecule has 1 fully saturated rings. The van der Waals surface area contributed by atoms with E-state index in [2.05, 4.69) is 36.8 Å². The van der Waals surface area contributed by atoms with E-state index >= 15 is 0 Å². The average Bonchev–Trinajstić information content (AvgIpc) is 2.25. The Bertz CT molecular complexity index is 437. The van der Waals surface area contributed by atoms with Crippen LogP contribution >= 0.6 is 31.9 Å². The molecule has 1 aromatic heterocycles. The third-order valence-corrected chi connectivity index (χ3v) is 3.53. The van der Waals surface area contributed by atoms with Crippen molar-refractivity contribution in [1.29, 1.82) is 0 Å². The van der Waals surface area contributed by atoms with Gasteiger partial charge in [-0.25, -0.2) is 4.98 Å². The number of pyridine rings is 1. The molecule has 0 aromatic carbocycles. The SMILES string of the molecule is C[C@@H]1CN(C(=O)c2cc(Br)nc(Br)c2)C[C@H](C)O1. The molecular formula is C12H14Br2N2O2. The van der Waals surface area contributed by atoms with Crippen LogP contribution in [0.25, 0.3) is 0 Å². The van der Waals surface area contributed by atoms with E-state index in [-0.39, 0.29) is 18.1 Å². The van der Waals surface area contributed by atoms with Gasteiger partial charge in [-0.1, -0.05) is 0 Å². The first-order valence-corrected chi connectivity index (χ1v) is 7.32. The van der Waals surface area contributed by atoms with E-state index in [1.165, 1.54) is 0 Å². The Balaban J connectivity index is 2.20. The van der Waals surface area contributed by atoms with Gasteiger partial charge in [-0.3, -0.25) is 4.79 Å². The smallest absolute Gasteiger partial charge is 0.254 e. The Morgan fingerprint density at radius 2 is 1.78 bits per heavy atom. The van der Waals surface area contributed by atoms with Crippen molar-refractivity contribution in [1.82, 2.24) is 9.88 Å². The molecule has 0 aliphatic carbocycles. The Labute approximate surface area is 123 Å². The van der Waals surface area contributed by atoms with Gasteiger partial charge in [0.2, 0.25) is 0 Å². The zero-order valence-corrected chi connectivity index (χ0v) is 13.4. The van der Waals surface area contributed by atoms with Crippen LogP contribution in [-0.2, 0) is 4.74 Å². The maximum absolute atomic E-state index is 12.4. The van der Waals surface area contributed by atoms with Crippen LogP contribution in [0.4, 0.5) is 0 Å². The summed E-state index contributed by atoms with van der Waals surface area (Å²) in [6, 6.07) is 3.47. The summed E-state index contributed by atoms with van der Waals surface area (Å²) >= 11 is 6.58. The topological polar surface area (TPSA) is 42.4 Å². The van der Waals surface area contributed by atoms with Crippen molar-refractivity contribution < 1.29 is 9.53 Å². The van der Waals surface area contributed by atoms with E-state index in [0.29, 0.717) is 27.9 Å². The van der Waals surface area contributed by atoms with Crippen molar-refractivity contribution in [3.8, 4) is 0 Å². The largest absolute Gasteiger partial charge is 0.372 e. The van der Waals surface area contributed by atoms with Crippen LogP contribution in [0.5, 0.6) is 0 Å². The van der Waals surface area contributed by atoms with Gasteiger partial charge >= 0.3 is 0 Å². The third kappa shape index (κ3) is 3.30. The minimum atomic E-state index is 0.0146. The lowest BCUT2D eigenvalue weighted by atomic mass is 10.2. The van der Waals surface area contributed by atoms with E-state index in [0.717, 1.165) is 0 Å². The van der Waals surface area contributed by atoms with E-state index < -0.39 is 0 Å². The second kappa shape index (κ2) is 5.67. The number of halogens is 2. The molecule has 0 N–H and O–H groups in total. The molecule has 0 spiro atoms. The maximum atomic E-state index is 12.4. The molecule has 18 heavy (non-hydrogen) atoms. The Hall–Kier alpha value is -0.460. The summed E-state index contributed by atoms with van der Waals surface area (Å²) in [5.41, 5.74) is 0.630. The molecule has 4 nitrogen and oxygen atoms in total. The Kier molecular flexibility index (Phi) is 4.40. The van der Waals surface area contributed by atoms with Gasteiger partial charge in [0.1, 0.15) is 9.21 Å². The van der Waals surface area contributed by atoms with E-state index in [1.54, 1.807) is 12.1 Å². The van der Waals surface area contributed by atoms with Crippen LogP contribution < -0.4 is 0 Å². The molecule has 0 bridgehead atoms. The number of aromatic nitrogens is 1. The summed E-state index contributed by atoms with van der Waals surface area (Å²) in [4.78, 5) is 18.4. The number of hydrogen-bond donors (Lipinski definition) is 0. The lowest BCUT2D eigenvalue weighted by molar-refractivity contribution is -0.0586. The number of amides is 1. The van der Waals surface area contributed by atoms with Crippen molar-refractivity contribution in [3.05, 3.63) is 26.9 Å². The second-order valence-electron chi connectivity index (χ2n) is 4.47. The molecule has 1 aliphatic rings. The molecule has 98 valence electrons. The van der Waals surface area contributed by atoms with Crippen LogP contribution in [0.3, 0.4) is 0 Å². The van der Waals surface area contributed by atoms with Gasteiger partial charge in [-0.2, -0.15) is 0 Å². The molecule has 0 saturated carbocycles. The van der Waals surface area contributed by atoms with Crippen molar-refractivity contribution in [2.75, 3.05) is 13.1 Å². The van der Waals surface area contributed by atoms with E-state index in [1.807, 2.05) is 18.7 Å². The van der Waals surface area contributed by atoms with Crippen LogP contribution in [0.15, 0.2) is 21.3 Å². The van der Waals surface area contributed by atoms with Gasteiger partial charge in [-0.05, 0) is 57.8 Å². The predicted molar refractivity (Wildman–Crippen MR) is 75.5 cm³/mol. The number of morpholine rings is 1. The van der Waals surface area contributed by atoms with Crippen molar-refractivity contribution in [2.24, 2.45) is 0 Å². The summed E-state index contributed by atoms with van der Waals surface area (Å²) in [5.74, 6) is 0.0146. The summed E-state index contributed by atoms with van der Waals surface area (Å²) in [6.07, 6.45) is 0.151. The maximum Gasteiger partial charge on any atom is 0.254 e. The first kappa shape index (κ1) is 14.0. The third-order valence-electron chi connectivity index (χ3n) is 2.72. The van der Waals surface area contributed by atoms with E-state index in [4.69, 9.17) is 4.74 Å². The molecule has 6 heteroatoms. The lowest BCUT2D eigenvalue weighted by Crippen LogP contribution is -2.48. The number of hydrogen-bond acceptors (Lipinski definition) is 3. The second-order valence-corrected chi connectivity index (χ2v) is 6.09. The monoisotopic (exact) mass is 376 g/mol. The molecule has 2 heterocycles. The number of carbonyl (C=O) groups is 1. The first-order valence-electron chi connectivity index (χ1n) is 5.73. The fraction of sp³-hybridized carbons (Fsp3) is 0.500. The quantitative estimate of drug-likeness (QED) is 0.706. The molecule has 0 unspecified atom stereocenters. The van der Waals surface area contributed by atoms with Crippen LogP contribution in [0.1, 0.15) is 24.2 Å². The minimum absolute atomic E-state index is 0.0146. The molecule has 1 saturated heterocycles. The molecule has 1 amide bonds. The highest BCUT2D eigenvalue weighted by Crippen LogP contribution is 2.19. The highest BCUT2D eigenvalue weighted by Gasteiger charge is 2.26. The highest BCUT2D eigenvalue weighted by molar-refractivity contribution is 9.11. The fourth-order valence-electron chi connectivity index (χ4n) is 2.11. The Morgan fingerprint density at radius 3 is 2.28 bits per heavy atom. The summed E-state index contributed by atoms with van der Waals surface area (Å²) < 4.78 is 6.92. The molecule has 0 radical (unpaired) electrons. The van der Waals surface area contributed by atoms with Gasteiger partial charge in [0, 0.05) is 18.7 Å². The van der Waals surface area contributed by atoms with Gasteiger partial charge < -0.3 is 9.64 Å². The first-order chi connectivity index (χ1) is 8.45. The summed E-state index contributed by atoms with van der Waals surface area (Å²) in [5, 5.41) is 0. The van der Waals surface area contributed by atoms with Crippen molar-refractivity contribution in [2.45, 2.75) is 26.1 Å². The van der Waals surface area contributed by atoms with Gasteiger partial charge in [0.25, 0.3) is 5.91 Å². The van der Waals surface area contributed by atoms with Crippen LogP contribution in [-0.4, -0.2) is 41.1 Å². The van der Waals surface area contributed by atoms with Crippen molar-refractivity contribution >= 4 is 37.8 Å². The summed E-state index contributed by atoms with van der Waals surface area (Å²) in [6.45, 7) is 5.21. The van der Waals surface area contributed by atoms with Crippen LogP contribution in [0.2, 0.25) is 0 Å². The normalized spacial score (nSPS) is 24.1. The number of nitrogens with zero attached hydrogens (tertiary/aromatic N) is 2. The Morgan fingerprint density at radius 1 is 1.28 bits per heavy atom. The minimum Gasteiger partial charge on any atom is -0.372 e. The van der Waals surface area contributed by atoms with Gasteiger partial charge in [0.05, 0.1) is 12.2 Å². The van der Waals surface area contributed by atoms with Gasteiger partial charge in [0.15, 0.2) is 0 Å². The zero-order valence-electron chi connectivity index (χ0n) is 10.2. The highest BCUT2D eigenvalue weighted by atomic mass is 79.9. The van der Waals surface area contributed by atoms with Crippen molar-refractivity contribution in [3.63, 3.8) is 0 Å².